The summed E-state index contributed by atoms with van der Waals surface area (Å²) in [4.78, 5) is 11.2. The van der Waals surface area contributed by atoms with E-state index >= 15 is 0 Å². The van der Waals surface area contributed by atoms with Crippen molar-refractivity contribution < 1.29 is 19.1 Å². The van der Waals surface area contributed by atoms with Crippen LogP contribution in [0.15, 0.2) is 78.9 Å². The van der Waals surface area contributed by atoms with Crippen LogP contribution in [0, 0.1) is 11.3 Å². The second kappa shape index (κ2) is 14.7. The van der Waals surface area contributed by atoms with Gasteiger partial charge < -0.3 is 14.3 Å². The number of nitrogens with zero attached hydrogens (tertiary/aromatic N) is 1. The van der Waals surface area contributed by atoms with Gasteiger partial charge in [0.15, 0.2) is 7.83 Å². The second-order valence-electron chi connectivity index (χ2n) is 13.2. The predicted molar refractivity (Wildman–Crippen MR) is 185 cm³/mol. The minimum absolute atomic E-state index is 0.130. The van der Waals surface area contributed by atoms with Gasteiger partial charge in [0, 0.05) is 11.6 Å². The lowest BCUT2D eigenvalue weighted by Gasteiger charge is -2.59. The van der Waals surface area contributed by atoms with Gasteiger partial charge >= 0.3 is 5.97 Å². The molecule has 3 unspecified atom stereocenters. The SMILES string of the molecule is CCCCCC(Oc1ccc(C(=O)O)cc1)C1C(C)O[Si](C)(C)[Si](C)(C)[Si]1(C)C.N#Cc1ccc(-c2ccccc2)cc1. The molecular formula is C35H49NO4Si3. The Morgan fingerprint density at radius 1 is 0.907 bits per heavy atom. The Kier molecular flexibility index (Phi) is 11.8. The molecule has 0 saturated carbocycles. The summed E-state index contributed by atoms with van der Waals surface area (Å²) in [6.07, 6.45) is 4.95. The molecule has 3 aromatic carbocycles. The number of nitriles is 1. The number of carboxylic acid groups (broad SMARTS) is 1. The van der Waals surface area contributed by atoms with E-state index in [0.29, 0.717) is 16.7 Å². The van der Waals surface area contributed by atoms with Gasteiger partial charge in [0.2, 0.25) is 0 Å². The highest BCUT2D eigenvalue weighted by atomic mass is 29.6. The van der Waals surface area contributed by atoms with Crippen LogP contribution in [0.5, 0.6) is 5.75 Å². The second-order valence-corrected chi connectivity index (χ2v) is 40.3. The van der Waals surface area contributed by atoms with Crippen molar-refractivity contribution >= 4 is 28.5 Å². The molecule has 0 bridgehead atoms. The van der Waals surface area contributed by atoms with E-state index in [0.717, 1.165) is 24.2 Å². The fraction of sp³-hybridized carbons (Fsp3) is 0.429. The molecule has 8 heteroatoms. The molecule has 3 aromatic rings. The molecule has 0 amide bonds. The molecule has 230 valence electrons. The Balaban J connectivity index is 0.000000299. The molecule has 4 rings (SSSR count). The monoisotopic (exact) mass is 631 g/mol. The molecule has 0 aliphatic carbocycles. The number of hydrogen-bond donors (Lipinski definition) is 1. The van der Waals surface area contributed by atoms with Gasteiger partial charge in [-0.1, -0.05) is 88.4 Å². The lowest BCUT2D eigenvalue weighted by Crippen LogP contribution is -2.79. The molecule has 1 fully saturated rings. The molecular weight excluding hydrogens is 583 g/mol. The van der Waals surface area contributed by atoms with E-state index in [4.69, 9.17) is 14.4 Å². The maximum Gasteiger partial charge on any atom is 0.335 e. The van der Waals surface area contributed by atoms with E-state index in [1.807, 2.05) is 42.5 Å². The van der Waals surface area contributed by atoms with Gasteiger partial charge in [0.1, 0.15) is 11.9 Å². The number of aromatic carboxylic acids is 1. The third-order valence-electron chi connectivity index (χ3n) is 9.94. The Hall–Kier alpha value is -2.97. The number of rotatable bonds is 9. The van der Waals surface area contributed by atoms with E-state index in [9.17, 15) is 9.90 Å². The average molecular weight is 632 g/mol. The van der Waals surface area contributed by atoms with E-state index in [-0.39, 0.29) is 12.2 Å². The van der Waals surface area contributed by atoms with Crippen molar-refractivity contribution in [1.82, 2.24) is 0 Å². The van der Waals surface area contributed by atoms with E-state index in [1.165, 1.54) is 18.4 Å². The quantitative estimate of drug-likeness (QED) is 0.188. The standard InChI is InChI=1S/C22H40O4Si3.C13H9N/c1-9-10-11-12-20(25-19-15-13-18(14-16-19)22(23)24)21-17(2)26-28(5,6)29(7,8)27(21,3)4;14-10-11-6-8-13(9-7-11)12-4-2-1-3-5-12/h13-17,20-21H,9-12H2,1-8H3,(H,23,24);1-9H. The average Bonchev–Trinajstić information content (AvgIpc) is 2.97. The van der Waals surface area contributed by atoms with Gasteiger partial charge in [-0.2, -0.15) is 5.26 Å². The Morgan fingerprint density at radius 3 is 2.02 bits per heavy atom. The van der Waals surface area contributed by atoms with Crippen molar-refractivity contribution in [3.63, 3.8) is 0 Å². The summed E-state index contributed by atoms with van der Waals surface area (Å²) in [6, 6.07) is 26.7. The molecule has 1 heterocycles. The summed E-state index contributed by atoms with van der Waals surface area (Å²) in [5.74, 6) is -0.131. The van der Waals surface area contributed by atoms with Gasteiger partial charge in [-0.15, -0.1) is 0 Å². The third kappa shape index (κ3) is 8.15. The summed E-state index contributed by atoms with van der Waals surface area (Å²) < 4.78 is 13.4. The molecule has 1 N–H and O–H groups in total. The molecule has 0 radical (unpaired) electrons. The molecule has 0 aromatic heterocycles. The highest BCUT2D eigenvalue weighted by Crippen LogP contribution is 2.48. The summed E-state index contributed by atoms with van der Waals surface area (Å²) in [7, 11) is -4.77. The predicted octanol–water partition coefficient (Wildman–Crippen LogP) is 9.51. The highest BCUT2D eigenvalue weighted by molar-refractivity contribution is 7.68. The summed E-state index contributed by atoms with van der Waals surface area (Å²) in [5, 5.41) is 17.8. The van der Waals surface area contributed by atoms with Crippen LogP contribution in [-0.2, 0) is 4.43 Å². The molecule has 5 nitrogen and oxygen atoms in total. The molecule has 1 aliphatic heterocycles. The molecule has 1 aliphatic rings. The number of unbranched alkanes of at least 4 members (excludes halogenated alkanes) is 2. The Bertz CT molecular complexity index is 1370. The van der Waals surface area contributed by atoms with Crippen molar-refractivity contribution in [2.75, 3.05) is 0 Å². The maximum absolute atomic E-state index is 11.2. The van der Waals surface area contributed by atoms with E-state index in [2.05, 4.69) is 71.3 Å². The molecule has 0 spiro atoms. The number of hydrogen-bond acceptors (Lipinski definition) is 4. The van der Waals surface area contributed by atoms with Crippen molar-refractivity contribution in [3.8, 4) is 22.9 Å². The fourth-order valence-corrected chi connectivity index (χ4v) is 38.5. The lowest BCUT2D eigenvalue weighted by atomic mass is 10.0. The van der Waals surface area contributed by atoms with Crippen LogP contribution >= 0.6 is 0 Å². The summed E-state index contributed by atoms with van der Waals surface area (Å²) >= 11 is 0. The summed E-state index contributed by atoms with van der Waals surface area (Å²) in [5.41, 5.74) is 3.78. The zero-order chi connectivity index (χ0) is 31.8. The third-order valence-corrected chi connectivity index (χ3v) is 50.9. The van der Waals surface area contributed by atoms with E-state index in [1.54, 1.807) is 24.3 Å². The highest BCUT2D eigenvalue weighted by Gasteiger charge is 2.63. The van der Waals surface area contributed by atoms with Gasteiger partial charge in [-0.25, -0.2) is 4.79 Å². The van der Waals surface area contributed by atoms with Crippen LogP contribution in [0.1, 0.15) is 55.5 Å². The van der Waals surface area contributed by atoms with Gasteiger partial charge in [0.25, 0.3) is 0 Å². The molecule has 1 saturated heterocycles. The minimum Gasteiger partial charge on any atom is -0.490 e. The normalized spacial score (nSPS) is 20.5. The van der Waals surface area contributed by atoms with Gasteiger partial charge in [0.05, 0.1) is 31.9 Å². The van der Waals surface area contributed by atoms with Crippen LogP contribution in [0.2, 0.25) is 44.8 Å². The number of ether oxygens (including phenoxy) is 1. The van der Waals surface area contributed by atoms with Gasteiger partial charge in [-0.3, -0.25) is 0 Å². The molecule has 3 atom stereocenters. The van der Waals surface area contributed by atoms with Crippen molar-refractivity contribution in [1.29, 1.82) is 5.26 Å². The van der Waals surface area contributed by atoms with Crippen LogP contribution in [-0.4, -0.2) is 45.8 Å². The lowest BCUT2D eigenvalue weighted by molar-refractivity contribution is 0.0697. The smallest absolute Gasteiger partial charge is 0.335 e. The van der Waals surface area contributed by atoms with Crippen LogP contribution < -0.4 is 4.74 Å². The number of benzene rings is 3. The summed E-state index contributed by atoms with van der Waals surface area (Å²) in [6.45, 7) is 19.7. The van der Waals surface area contributed by atoms with Crippen molar-refractivity contribution in [2.45, 2.75) is 96.6 Å². The first-order valence-corrected chi connectivity index (χ1v) is 26.5. The Labute approximate surface area is 261 Å². The first-order chi connectivity index (χ1) is 20.2. The maximum atomic E-state index is 11.2. The Morgan fingerprint density at radius 2 is 1.49 bits per heavy atom. The first-order valence-electron chi connectivity index (χ1n) is 15.5. The first kappa shape index (κ1) is 34.5. The largest absolute Gasteiger partial charge is 0.490 e. The van der Waals surface area contributed by atoms with Crippen LogP contribution in [0.4, 0.5) is 0 Å². The van der Waals surface area contributed by atoms with E-state index < -0.39 is 28.5 Å². The van der Waals surface area contributed by atoms with Crippen LogP contribution in [0.3, 0.4) is 0 Å². The zero-order valence-electron chi connectivity index (χ0n) is 27.2. The fourth-order valence-electron chi connectivity index (χ4n) is 6.36. The van der Waals surface area contributed by atoms with Crippen molar-refractivity contribution in [2.24, 2.45) is 0 Å². The van der Waals surface area contributed by atoms with Gasteiger partial charge in [-0.05, 0) is 80.4 Å². The zero-order valence-corrected chi connectivity index (χ0v) is 30.2. The molecule has 43 heavy (non-hydrogen) atoms. The number of carboxylic acids is 1. The van der Waals surface area contributed by atoms with Crippen LogP contribution in [0.25, 0.3) is 11.1 Å². The topological polar surface area (TPSA) is 79.6 Å². The minimum atomic E-state index is -1.67. The number of carbonyl (C=O) groups is 1. The van der Waals surface area contributed by atoms with Crippen molar-refractivity contribution in [3.05, 3.63) is 90.0 Å².